The van der Waals surface area contributed by atoms with Crippen LogP contribution in [0.3, 0.4) is 0 Å². The topological polar surface area (TPSA) is 86.7 Å². The first kappa shape index (κ1) is 20.8. The predicted molar refractivity (Wildman–Crippen MR) is 109 cm³/mol. The fourth-order valence-electron chi connectivity index (χ4n) is 4.54. The number of thiol groups is 1. The van der Waals surface area contributed by atoms with Crippen molar-refractivity contribution in [2.24, 2.45) is 5.92 Å². The zero-order valence-electron chi connectivity index (χ0n) is 15.6. The maximum Gasteiger partial charge on any atom is 0.326 e. The quantitative estimate of drug-likeness (QED) is 0.602. The van der Waals surface area contributed by atoms with Crippen LogP contribution in [0.4, 0.5) is 0 Å². The molecule has 27 heavy (non-hydrogen) atoms. The number of carboxylic acids is 1. The normalized spacial score (nSPS) is 30.9. The summed E-state index contributed by atoms with van der Waals surface area (Å²) in [7, 11) is 0. The molecule has 0 aromatic heterocycles. The predicted octanol–water partition coefficient (Wildman–Crippen LogP) is 2.67. The molecule has 8 heteroatoms. The molecule has 1 saturated carbocycles. The van der Waals surface area contributed by atoms with Crippen LogP contribution in [0, 0.1) is 5.92 Å². The monoisotopic (exact) mass is 414 g/mol. The number of hydrogen-bond acceptors (Lipinski definition) is 5. The number of rotatable bonds is 5. The molecule has 2 heterocycles. The van der Waals surface area contributed by atoms with E-state index in [-0.39, 0.29) is 17.2 Å². The van der Waals surface area contributed by atoms with Crippen molar-refractivity contribution in [1.29, 1.82) is 0 Å². The molecule has 152 valence electrons. The van der Waals surface area contributed by atoms with Gasteiger partial charge in [-0.2, -0.15) is 12.6 Å². The van der Waals surface area contributed by atoms with Gasteiger partial charge in [-0.15, -0.1) is 11.8 Å². The first-order chi connectivity index (χ1) is 13.0. The molecule has 6 nitrogen and oxygen atoms in total. The van der Waals surface area contributed by atoms with Gasteiger partial charge in [-0.3, -0.25) is 9.59 Å². The maximum absolute atomic E-state index is 13.1. The Morgan fingerprint density at radius 1 is 1.15 bits per heavy atom. The lowest BCUT2D eigenvalue weighted by Gasteiger charge is -2.39. The molecule has 2 amide bonds. The fraction of sp³-hybridized carbons (Fsp3) is 0.842. The first-order valence-electron chi connectivity index (χ1n) is 10.1. The molecular formula is C19H30N2O4S2. The molecule has 3 rings (SSSR count). The Bertz CT molecular complexity index is 568. The van der Waals surface area contributed by atoms with Crippen molar-refractivity contribution in [3.05, 3.63) is 0 Å². The third-order valence-corrected chi connectivity index (χ3v) is 7.79. The Kier molecular flexibility index (Phi) is 7.36. The highest BCUT2D eigenvalue weighted by Gasteiger charge is 2.43. The average Bonchev–Trinajstić information content (AvgIpc) is 2.81. The van der Waals surface area contributed by atoms with Gasteiger partial charge in [0.25, 0.3) is 0 Å². The van der Waals surface area contributed by atoms with Gasteiger partial charge < -0.3 is 15.3 Å². The van der Waals surface area contributed by atoms with Crippen LogP contribution in [0.1, 0.15) is 64.2 Å². The smallest absolute Gasteiger partial charge is 0.326 e. The van der Waals surface area contributed by atoms with Gasteiger partial charge >= 0.3 is 5.97 Å². The van der Waals surface area contributed by atoms with E-state index in [1.807, 2.05) is 0 Å². The second kappa shape index (κ2) is 9.54. The van der Waals surface area contributed by atoms with E-state index in [4.69, 9.17) is 0 Å². The highest BCUT2D eigenvalue weighted by Crippen LogP contribution is 2.34. The minimum absolute atomic E-state index is 0.0942. The molecule has 3 aliphatic rings. The number of carbonyl (C=O) groups excluding carboxylic acids is 2. The molecule has 1 aliphatic carbocycles. The molecule has 0 aromatic rings. The van der Waals surface area contributed by atoms with Crippen molar-refractivity contribution in [2.75, 3.05) is 5.75 Å². The Hall–Kier alpha value is -0.890. The summed E-state index contributed by atoms with van der Waals surface area (Å²) < 4.78 is 0. The zero-order valence-corrected chi connectivity index (χ0v) is 17.4. The molecule has 0 radical (unpaired) electrons. The van der Waals surface area contributed by atoms with Crippen LogP contribution in [-0.4, -0.2) is 56.3 Å². The molecule has 0 bridgehead atoms. The van der Waals surface area contributed by atoms with E-state index in [2.05, 4.69) is 17.9 Å². The summed E-state index contributed by atoms with van der Waals surface area (Å²) in [5.41, 5.74) is 0. The summed E-state index contributed by atoms with van der Waals surface area (Å²) in [6.07, 6.45) is 9.42. The Morgan fingerprint density at radius 2 is 1.89 bits per heavy atom. The molecule has 2 aliphatic heterocycles. The summed E-state index contributed by atoms with van der Waals surface area (Å²) in [6, 6.07) is -1.42. The third-order valence-electron chi connectivity index (χ3n) is 6.03. The van der Waals surface area contributed by atoms with Gasteiger partial charge in [0.15, 0.2) is 0 Å². The van der Waals surface area contributed by atoms with E-state index in [1.54, 1.807) is 11.8 Å². The van der Waals surface area contributed by atoms with Crippen molar-refractivity contribution in [2.45, 2.75) is 86.9 Å². The third kappa shape index (κ3) is 5.13. The molecule has 3 fully saturated rings. The Morgan fingerprint density at radius 3 is 2.59 bits per heavy atom. The number of thioether (sulfide) groups is 1. The van der Waals surface area contributed by atoms with E-state index in [9.17, 15) is 19.5 Å². The second-order valence-electron chi connectivity index (χ2n) is 7.96. The van der Waals surface area contributed by atoms with Gasteiger partial charge in [0.2, 0.25) is 11.8 Å². The van der Waals surface area contributed by atoms with Gasteiger partial charge in [-0.1, -0.05) is 32.1 Å². The summed E-state index contributed by atoms with van der Waals surface area (Å²) in [4.78, 5) is 38.8. The van der Waals surface area contributed by atoms with Gasteiger partial charge in [0.05, 0.1) is 10.6 Å². The lowest BCUT2D eigenvalue weighted by Crippen LogP contribution is -2.57. The van der Waals surface area contributed by atoms with Crippen LogP contribution in [0.2, 0.25) is 0 Å². The molecule has 2 saturated heterocycles. The maximum atomic E-state index is 13.1. The van der Waals surface area contributed by atoms with E-state index in [0.717, 1.165) is 37.9 Å². The number of carboxylic acid groups (broad SMARTS) is 1. The SMILES string of the molecule is O=C(O)C1CCCC2SCCC(NC(=O)[C@@H](S)CC3CCCCC3)C(=O)N21. The lowest BCUT2D eigenvalue weighted by molar-refractivity contribution is -0.154. The Balaban J connectivity index is 1.62. The number of nitrogens with one attached hydrogen (secondary N) is 1. The average molecular weight is 415 g/mol. The lowest BCUT2D eigenvalue weighted by atomic mass is 9.86. The first-order valence-corrected chi connectivity index (χ1v) is 11.7. The van der Waals surface area contributed by atoms with Crippen molar-refractivity contribution in [1.82, 2.24) is 10.2 Å². The number of carbonyl (C=O) groups is 3. The van der Waals surface area contributed by atoms with Crippen LogP contribution in [0.25, 0.3) is 0 Å². The van der Waals surface area contributed by atoms with Crippen LogP contribution >= 0.6 is 24.4 Å². The second-order valence-corrected chi connectivity index (χ2v) is 9.87. The number of fused-ring (bicyclic) bond motifs is 1. The number of amides is 2. The van der Waals surface area contributed by atoms with Gasteiger partial charge in [-0.05, 0) is 43.8 Å². The summed E-state index contributed by atoms with van der Waals surface area (Å²) >= 11 is 6.13. The van der Waals surface area contributed by atoms with Crippen molar-refractivity contribution in [3.8, 4) is 0 Å². The number of aliphatic carboxylic acids is 1. The fourth-order valence-corrected chi connectivity index (χ4v) is 6.30. The largest absolute Gasteiger partial charge is 0.480 e. The minimum Gasteiger partial charge on any atom is -0.480 e. The highest BCUT2D eigenvalue weighted by molar-refractivity contribution is 7.99. The van der Waals surface area contributed by atoms with E-state index in [1.165, 1.54) is 24.2 Å². The number of hydrogen-bond donors (Lipinski definition) is 3. The van der Waals surface area contributed by atoms with Gasteiger partial charge in [-0.25, -0.2) is 4.79 Å². The molecule has 4 atom stereocenters. The van der Waals surface area contributed by atoms with Crippen LogP contribution in [0.5, 0.6) is 0 Å². The highest BCUT2D eigenvalue weighted by atomic mass is 32.2. The van der Waals surface area contributed by atoms with Crippen LogP contribution in [-0.2, 0) is 14.4 Å². The molecule has 2 N–H and O–H groups in total. The minimum atomic E-state index is -0.954. The summed E-state index contributed by atoms with van der Waals surface area (Å²) in [5, 5.41) is 11.9. The van der Waals surface area contributed by atoms with E-state index < -0.39 is 23.3 Å². The Labute approximate surface area is 170 Å². The zero-order chi connectivity index (χ0) is 19.4. The van der Waals surface area contributed by atoms with Crippen molar-refractivity contribution < 1.29 is 19.5 Å². The standard InChI is InChI=1S/C19H30N2O4S2/c22-17(15(26)11-12-5-2-1-3-6-12)20-13-9-10-27-16-8-4-7-14(19(24)25)21(16)18(13)23/h12-16,26H,1-11H2,(H,20,22)(H,24,25)/t13?,14?,15-,16?/m0/s1. The van der Waals surface area contributed by atoms with Gasteiger partial charge in [0.1, 0.15) is 12.1 Å². The number of nitrogens with zero attached hydrogens (tertiary/aromatic N) is 1. The molecule has 3 unspecified atom stereocenters. The molecule has 0 spiro atoms. The summed E-state index contributed by atoms with van der Waals surface area (Å²) in [5.74, 6) is -0.122. The molecular weight excluding hydrogens is 384 g/mol. The van der Waals surface area contributed by atoms with E-state index in [0.29, 0.717) is 18.8 Å². The van der Waals surface area contributed by atoms with E-state index >= 15 is 0 Å². The molecule has 0 aromatic carbocycles. The van der Waals surface area contributed by atoms with Crippen molar-refractivity contribution in [3.63, 3.8) is 0 Å². The van der Waals surface area contributed by atoms with Crippen molar-refractivity contribution >= 4 is 42.2 Å². The van der Waals surface area contributed by atoms with Crippen LogP contribution in [0.15, 0.2) is 0 Å². The van der Waals surface area contributed by atoms with Gasteiger partial charge in [0, 0.05) is 0 Å². The number of piperidine rings is 1. The van der Waals surface area contributed by atoms with Crippen LogP contribution < -0.4 is 5.32 Å². The summed E-state index contributed by atoms with van der Waals surface area (Å²) in [6.45, 7) is 0.